The lowest BCUT2D eigenvalue weighted by atomic mass is 9.66. The molecule has 0 N–H and O–H groups in total. The largest absolute Gasteiger partial charge is 0.294 e. The average molecular weight is 218 g/mol. The topological polar surface area (TPSA) is 42.9 Å². The molecule has 16 heavy (non-hydrogen) atoms. The maximum atomic E-state index is 12.3. The van der Waals surface area contributed by atoms with E-state index in [9.17, 15) is 4.79 Å². The van der Waals surface area contributed by atoms with E-state index in [0.29, 0.717) is 5.56 Å². The first kappa shape index (κ1) is 11.2. The molecular weight excluding hydrogens is 200 g/mol. The molecule has 1 aromatic heterocycles. The summed E-state index contributed by atoms with van der Waals surface area (Å²) in [5.74, 6) is 0.345. The molecule has 1 unspecified atom stereocenters. The molecule has 0 saturated heterocycles. The zero-order chi connectivity index (χ0) is 11.6. The van der Waals surface area contributed by atoms with Gasteiger partial charge in [-0.3, -0.25) is 4.79 Å². The van der Waals surface area contributed by atoms with Crippen LogP contribution in [0.15, 0.2) is 18.7 Å². The van der Waals surface area contributed by atoms with Crippen LogP contribution in [0.2, 0.25) is 0 Å². The highest BCUT2D eigenvalue weighted by Crippen LogP contribution is 2.41. The van der Waals surface area contributed by atoms with Gasteiger partial charge >= 0.3 is 0 Å². The predicted octanol–water partition coefficient (Wildman–Crippen LogP) is 2.88. The van der Waals surface area contributed by atoms with Crippen molar-refractivity contribution in [2.45, 2.75) is 39.5 Å². The van der Waals surface area contributed by atoms with Gasteiger partial charge in [-0.05, 0) is 18.3 Å². The minimum Gasteiger partial charge on any atom is -0.294 e. The molecule has 3 nitrogen and oxygen atoms in total. The fraction of sp³-hybridized carbons (Fsp3) is 0.615. The van der Waals surface area contributed by atoms with Crippen LogP contribution in [0.4, 0.5) is 0 Å². The highest BCUT2D eigenvalue weighted by molar-refractivity contribution is 5.97. The van der Waals surface area contributed by atoms with E-state index < -0.39 is 0 Å². The van der Waals surface area contributed by atoms with Crippen LogP contribution in [0, 0.1) is 11.3 Å². The van der Waals surface area contributed by atoms with E-state index in [1.54, 1.807) is 12.4 Å². The summed E-state index contributed by atoms with van der Waals surface area (Å²) in [5.41, 5.74) is 0.771. The van der Waals surface area contributed by atoms with Gasteiger partial charge in [0.05, 0.1) is 5.56 Å². The number of hydrogen-bond donors (Lipinski definition) is 0. The van der Waals surface area contributed by atoms with Crippen LogP contribution in [-0.4, -0.2) is 15.8 Å². The molecule has 86 valence electrons. The number of ketones is 1. The summed E-state index contributed by atoms with van der Waals surface area (Å²) in [4.78, 5) is 20.2. The molecule has 0 radical (unpaired) electrons. The van der Waals surface area contributed by atoms with Crippen molar-refractivity contribution < 1.29 is 4.79 Å². The number of hydrogen-bond acceptors (Lipinski definition) is 3. The minimum atomic E-state index is 0.116. The lowest BCUT2D eigenvalue weighted by Gasteiger charge is -2.37. The van der Waals surface area contributed by atoms with E-state index >= 15 is 0 Å². The molecule has 1 aliphatic rings. The van der Waals surface area contributed by atoms with E-state index in [-0.39, 0.29) is 17.1 Å². The Hall–Kier alpha value is -1.25. The monoisotopic (exact) mass is 218 g/mol. The third-order valence-corrected chi connectivity index (χ3v) is 3.67. The maximum Gasteiger partial charge on any atom is 0.169 e. The van der Waals surface area contributed by atoms with E-state index in [1.807, 2.05) is 0 Å². The maximum absolute atomic E-state index is 12.3. The predicted molar refractivity (Wildman–Crippen MR) is 62.1 cm³/mol. The molecule has 0 aromatic carbocycles. The Morgan fingerprint density at radius 2 is 2.00 bits per heavy atom. The van der Waals surface area contributed by atoms with E-state index in [4.69, 9.17) is 0 Å². The molecule has 1 saturated carbocycles. The summed E-state index contributed by atoms with van der Waals surface area (Å²) in [6.07, 6.45) is 9.25. The Morgan fingerprint density at radius 1 is 1.31 bits per heavy atom. The number of carbonyl (C=O) groups excluding carboxylic acids is 1. The number of aromatic nitrogens is 2. The normalized spacial score (nSPS) is 24.0. The lowest BCUT2D eigenvalue weighted by molar-refractivity contribution is 0.0696. The number of nitrogens with zero attached hydrogens (tertiary/aromatic N) is 2. The Labute approximate surface area is 96.3 Å². The van der Waals surface area contributed by atoms with Crippen LogP contribution >= 0.6 is 0 Å². The van der Waals surface area contributed by atoms with Crippen molar-refractivity contribution in [1.82, 2.24) is 9.97 Å². The molecule has 2 rings (SSSR count). The summed E-state index contributed by atoms with van der Waals surface area (Å²) >= 11 is 0. The van der Waals surface area contributed by atoms with Crippen molar-refractivity contribution in [3.8, 4) is 0 Å². The van der Waals surface area contributed by atoms with Crippen molar-refractivity contribution in [3.63, 3.8) is 0 Å². The third kappa shape index (κ3) is 2.13. The van der Waals surface area contributed by atoms with E-state index in [1.165, 1.54) is 12.7 Å². The summed E-state index contributed by atoms with van der Waals surface area (Å²) in [5, 5.41) is 0. The highest BCUT2D eigenvalue weighted by atomic mass is 16.1. The zero-order valence-electron chi connectivity index (χ0n) is 9.94. The summed E-state index contributed by atoms with van der Waals surface area (Å²) in [6, 6.07) is 0. The smallest absolute Gasteiger partial charge is 0.169 e. The number of Topliss-reactive ketones (excluding diaryl/α,β-unsaturated/α-hetero) is 1. The van der Waals surface area contributed by atoms with Gasteiger partial charge in [0, 0.05) is 18.3 Å². The SMILES string of the molecule is CC1(C)CCCCC1C(=O)c1cncnc1. The van der Waals surface area contributed by atoms with Crippen molar-refractivity contribution in [2.75, 3.05) is 0 Å². The van der Waals surface area contributed by atoms with Gasteiger partial charge in [-0.2, -0.15) is 0 Å². The lowest BCUT2D eigenvalue weighted by Crippen LogP contribution is -2.34. The second-order valence-corrected chi connectivity index (χ2v) is 5.28. The number of rotatable bonds is 2. The van der Waals surface area contributed by atoms with Crippen LogP contribution < -0.4 is 0 Å². The van der Waals surface area contributed by atoms with Crippen LogP contribution in [-0.2, 0) is 0 Å². The second-order valence-electron chi connectivity index (χ2n) is 5.28. The standard InChI is InChI=1S/C13H18N2O/c1-13(2)6-4-3-5-11(13)12(16)10-7-14-9-15-8-10/h7-9,11H,3-6H2,1-2H3. The van der Waals surface area contributed by atoms with Crippen molar-refractivity contribution in [1.29, 1.82) is 0 Å². The zero-order valence-corrected chi connectivity index (χ0v) is 9.94. The quantitative estimate of drug-likeness (QED) is 0.717. The van der Waals surface area contributed by atoms with Crippen molar-refractivity contribution >= 4 is 5.78 Å². The fourth-order valence-corrected chi connectivity index (χ4v) is 2.61. The van der Waals surface area contributed by atoms with E-state index in [0.717, 1.165) is 19.3 Å². The highest BCUT2D eigenvalue weighted by Gasteiger charge is 2.37. The molecule has 1 aliphatic carbocycles. The van der Waals surface area contributed by atoms with Crippen LogP contribution in [0.25, 0.3) is 0 Å². The molecule has 1 aromatic rings. The van der Waals surface area contributed by atoms with Gasteiger partial charge < -0.3 is 0 Å². The Balaban J connectivity index is 2.21. The van der Waals surface area contributed by atoms with Gasteiger partial charge in [0.25, 0.3) is 0 Å². The van der Waals surface area contributed by atoms with Gasteiger partial charge in [-0.1, -0.05) is 26.7 Å². The minimum absolute atomic E-state index is 0.116. The van der Waals surface area contributed by atoms with Gasteiger partial charge in [0.1, 0.15) is 6.33 Å². The Bertz CT molecular complexity index is 373. The van der Waals surface area contributed by atoms with Crippen molar-refractivity contribution in [2.24, 2.45) is 11.3 Å². The third-order valence-electron chi connectivity index (χ3n) is 3.67. The molecule has 1 atom stereocenters. The molecule has 0 bridgehead atoms. The Kier molecular flexibility index (Phi) is 3.03. The van der Waals surface area contributed by atoms with E-state index in [2.05, 4.69) is 23.8 Å². The van der Waals surface area contributed by atoms with Crippen molar-refractivity contribution in [3.05, 3.63) is 24.3 Å². The first-order valence-corrected chi connectivity index (χ1v) is 5.90. The number of carbonyl (C=O) groups is 1. The molecule has 0 spiro atoms. The molecule has 0 aliphatic heterocycles. The van der Waals surface area contributed by atoms with Gasteiger partial charge in [-0.25, -0.2) is 9.97 Å². The Morgan fingerprint density at radius 3 is 2.62 bits per heavy atom. The molecule has 3 heteroatoms. The molecular formula is C13H18N2O. The fourth-order valence-electron chi connectivity index (χ4n) is 2.61. The molecule has 1 fully saturated rings. The van der Waals surface area contributed by atoms with Crippen LogP contribution in [0.3, 0.4) is 0 Å². The van der Waals surface area contributed by atoms with Crippen LogP contribution in [0.5, 0.6) is 0 Å². The summed E-state index contributed by atoms with van der Waals surface area (Å²) < 4.78 is 0. The average Bonchev–Trinajstić information content (AvgIpc) is 2.29. The van der Waals surface area contributed by atoms with Crippen LogP contribution in [0.1, 0.15) is 49.9 Å². The molecule has 1 heterocycles. The van der Waals surface area contributed by atoms with Gasteiger partial charge in [0.15, 0.2) is 5.78 Å². The summed E-state index contributed by atoms with van der Waals surface area (Å²) in [6.45, 7) is 4.39. The second kappa shape index (κ2) is 4.32. The van der Waals surface area contributed by atoms with Gasteiger partial charge in [-0.15, -0.1) is 0 Å². The van der Waals surface area contributed by atoms with Gasteiger partial charge in [0.2, 0.25) is 0 Å². The first-order chi connectivity index (χ1) is 7.61. The molecule has 0 amide bonds. The first-order valence-electron chi connectivity index (χ1n) is 5.90. The summed E-state index contributed by atoms with van der Waals surface area (Å²) in [7, 11) is 0.